The molecular weight excluding hydrogens is 611 g/mol. The van der Waals surface area contributed by atoms with E-state index in [4.69, 9.17) is 14.2 Å². The van der Waals surface area contributed by atoms with E-state index in [-0.39, 0.29) is 23.0 Å². The highest BCUT2D eigenvalue weighted by Gasteiger charge is 2.34. The Morgan fingerprint density at radius 2 is 1.77 bits per heavy atom. The fraction of sp³-hybridized carbons (Fsp3) is 0.179. The molecule has 8 bridgehead atoms. The Morgan fingerprint density at radius 3 is 2.58 bits per heavy atom. The van der Waals surface area contributed by atoms with Gasteiger partial charge in [-0.05, 0) is 95.8 Å². The lowest BCUT2D eigenvalue weighted by Gasteiger charge is -2.38. The highest BCUT2D eigenvalue weighted by Crippen LogP contribution is 2.44. The summed E-state index contributed by atoms with van der Waals surface area (Å²) in [4.78, 5) is 29.0. The zero-order valence-electron chi connectivity index (χ0n) is 26.2. The van der Waals surface area contributed by atoms with Crippen molar-refractivity contribution in [2.45, 2.75) is 18.9 Å². The fourth-order valence-corrected chi connectivity index (χ4v) is 6.32. The summed E-state index contributed by atoms with van der Waals surface area (Å²) in [6.45, 7) is 1.10. The van der Waals surface area contributed by atoms with Gasteiger partial charge in [-0.25, -0.2) is 4.39 Å². The maximum absolute atomic E-state index is 14.5. The van der Waals surface area contributed by atoms with E-state index in [2.05, 4.69) is 5.32 Å². The molecule has 0 aliphatic carbocycles. The first kappa shape index (κ1) is 30.8. The minimum Gasteiger partial charge on any atom is -0.507 e. The maximum atomic E-state index is 14.5. The smallest absolute Gasteiger partial charge is 0.255 e. The summed E-state index contributed by atoms with van der Waals surface area (Å²) in [6, 6.07) is 29.1. The molecular formula is C39H33FN2O6. The van der Waals surface area contributed by atoms with E-state index in [0.29, 0.717) is 72.2 Å². The van der Waals surface area contributed by atoms with Crippen LogP contribution in [-0.2, 0) is 6.42 Å². The minimum absolute atomic E-state index is 0.0929. The lowest BCUT2D eigenvalue weighted by atomic mass is 9.87. The number of benzene rings is 5. The number of nitrogens with one attached hydrogen (secondary N) is 1. The van der Waals surface area contributed by atoms with Gasteiger partial charge in [0.25, 0.3) is 11.8 Å². The molecule has 3 aliphatic heterocycles. The molecule has 1 unspecified atom stereocenters. The number of carbonyl (C=O) groups is 2. The number of nitrogens with zero attached hydrogens (tertiary/aromatic N) is 1. The Hall–Kier alpha value is -5.83. The number of halogens is 1. The molecule has 5 aromatic carbocycles. The van der Waals surface area contributed by atoms with Crippen LogP contribution >= 0.6 is 0 Å². The monoisotopic (exact) mass is 644 g/mol. The molecule has 0 spiro atoms. The average Bonchev–Trinajstić information content (AvgIpc) is 3.11. The van der Waals surface area contributed by atoms with Gasteiger partial charge in [0.1, 0.15) is 23.1 Å². The van der Waals surface area contributed by atoms with Gasteiger partial charge in [-0.15, -0.1) is 0 Å². The van der Waals surface area contributed by atoms with E-state index >= 15 is 0 Å². The standard InChI is InChI=1S/C39H33FN2O6/c1-46-35-23-31-26-16-18-42(39(45)25-12-10-24(11-13-25)30-8-2-3-9-33(30)40)37(31)27-6-4-7-28(20-27)47-19-5-17-41-38(44)32-22-29(14-15-34(32)43)48-36(35)21-26/h2-4,6-15,20-23,37,43H,5,16-19H2,1H3,(H,41,44). The van der Waals surface area contributed by atoms with Crippen LogP contribution in [0.25, 0.3) is 11.1 Å². The summed E-state index contributed by atoms with van der Waals surface area (Å²) in [6.07, 6.45) is 1.08. The van der Waals surface area contributed by atoms with Crippen LogP contribution in [0.15, 0.2) is 103 Å². The van der Waals surface area contributed by atoms with E-state index < -0.39 is 11.9 Å². The molecule has 3 heterocycles. The van der Waals surface area contributed by atoms with E-state index in [1.807, 2.05) is 41.3 Å². The second kappa shape index (κ2) is 13.1. The second-order valence-electron chi connectivity index (χ2n) is 11.7. The van der Waals surface area contributed by atoms with E-state index in [1.54, 1.807) is 55.6 Å². The third kappa shape index (κ3) is 6.02. The topological polar surface area (TPSA) is 97.3 Å². The molecule has 3 aliphatic rings. The molecule has 0 saturated heterocycles. The average molecular weight is 645 g/mol. The van der Waals surface area contributed by atoms with Crippen LogP contribution in [-0.4, -0.2) is 48.6 Å². The summed E-state index contributed by atoms with van der Waals surface area (Å²) >= 11 is 0. The van der Waals surface area contributed by atoms with Crippen molar-refractivity contribution in [2.75, 3.05) is 26.8 Å². The van der Waals surface area contributed by atoms with Crippen molar-refractivity contribution in [1.29, 1.82) is 0 Å². The Morgan fingerprint density at radius 1 is 0.938 bits per heavy atom. The van der Waals surface area contributed by atoms with Crippen LogP contribution < -0.4 is 19.5 Å². The SMILES string of the molecule is COc1cc2c3cc1Oc1ccc(O)c(c1)C(=O)NCCCOc1cccc(c1)C2N(C(=O)c1ccc(-c2ccccc2F)cc1)CC3. The first-order chi connectivity index (χ1) is 23.4. The molecule has 48 heavy (non-hydrogen) atoms. The predicted octanol–water partition coefficient (Wildman–Crippen LogP) is 7.30. The molecule has 0 saturated carbocycles. The van der Waals surface area contributed by atoms with Crippen molar-refractivity contribution in [3.63, 3.8) is 0 Å². The summed E-state index contributed by atoms with van der Waals surface area (Å²) < 4.78 is 32.6. The number of phenolic OH excluding ortho intramolecular Hbond substituents is 1. The van der Waals surface area contributed by atoms with Gasteiger partial charge in [0.15, 0.2) is 11.5 Å². The normalized spacial score (nSPS) is 15.8. The number of hydrogen-bond acceptors (Lipinski definition) is 6. The third-order valence-electron chi connectivity index (χ3n) is 8.72. The molecule has 8 rings (SSSR count). The van der Waals surface area contributed by atoms with E-state index in [9.17, 15) is 19.1 Å². The number of phenols is 1. The molecule has 0 radical (unpaired) electrons. The van der Waals surface area contributed by atoms with Gasteiger partial charge in [-0.3, -0.25) is 9.59 Å². The molecule has 5 aromatic rings. The lowest BCUT2D eigenvalue weighted by Crippen LogP contribution is -2.40. The lowest BCUT2D eigenvalue weighted by molar-refractivity contribution is 0.0693. The summed E-state index contributed by atoms with van der Waals surface area (Å²) in [7, 11) is 1.54. The van der Waals surface area contributed by atoms with E-state index in [1.165, 1.54) is 18.2 Å². The third-order valence-corrected chi connectivity index (χ3v) is 8.72. The highest BCUT2D eigenvalue weighted by atomic mass is 19.1. The van der Waals surface area contributed by atoms with Crippen molar-refractivity contribution < 1.29 is 33.3 Å². The molecule has 0 fully saturated rings. The zero-order valence-corrected chi connectivity index (χ0v) is 26.2. The van der Waals surface area contributed by atoms with Crippen molar-refractivity contribution in [2.24, 2.45) is 0 Å². The number of aromatic hydroxyl groups is 1. The molecule has 8 nitrogen and oxygen atoms in total. The van der Waals surface area contributed by atoms with Gasteiger partial charge < -0.3 is 29.5 Å². The van der Waals surface area contributed by atoms with E-state index in [0.717, 1.165) is 16.7 Å². The number of amides is 2. The second-order valence-corrected chi connectivity index (χ2v) is 11.7. The van der Waals surface area contributed by atoms with Gasteiger partial charge in [0.05, 0.1) is 25.3 Å². The Kier molecular flexibility index (Phi) is 8.42. The van der Waals surface area contributed by atoms with Gasteiger partial charge in [0, 0.05) is 24.2 Å². The van der Waals surface area contributed by atoms with Gasteiger partial charge >= 0.3 is 0 Å². The molecule has 0 aromatic heterocycles. The molecule has 2 N–H and O–H groups in total. The quantitative estimate of drug-likeness (QED) is 0.214. The molecule has 242 valence electrons. The van der Waals surface area contributed by atoms with Crippen molar-refractivity contribution >= 4 is 11.8 Å². The largest absolute Gasteiger partial charge is 0.507 e. The van der Waals surface area contributed by atoms with Gasteiger partial charge in [-0.2, -0.15) is 0 Å². The number of fused-ring (bicyclic) bond motifs is 6. The minimum atomic E-state index is -0.475. The zero-order chi connectivity index (χ0) is 33.2. The summed E-state index contributed by atoms with van der Waals surface area (Å²) in [5.74, 6) is 0.801. The summed E-state index contributed by atoms with van der Waals surface area (Å²) in [5.41, 5.74) is 4.45. The fourth-order valence-electron chi connectivity index (χ4n) is 6.32. The van der Waals surface area contributed by atoms with Crippen molar-refractivity contribution in [3.05, 3.63) is 137 Å². The first-order valence-corrected chi connectivity index (χ1v) is 15.8. The van der Waals surface area contributed by atoms with Crippen LogP contribution in [0.5, 0.6) is 28.7 Å². The molecule has 2 amide bonds. The van der Waals surface area contributed by atoms with Crippen LogP contribution in [0.2, 0.25) is 0 Å². The van der Waals surface area contributed by atoms with Crippen molar-refractivity contribution in [1.82, 2.24) is 10.2 Å². The number of rotatable bonds is 3. The number of hydrogen-bond donors (Lipinski definition) is 2. The number of methoxy groups -OCH3 is 1. The Bertz CT molecular complexity index is 2010. The van der Waals surface area contributed by atoms with Crippen LogP contribution in [0.3, 0.4) is 0 Å². The number of carbonyl (C=O) groups excluding carboxylic acids is 2. The maximum Gasteiger partial charge on any atom is 0.255 e. The Labute approximate surface area is 277 Å². The first-order valence-electron chi connectivity index (χ1n) is 15.8. The summed E-state index contributed by atoms with van der Waals surface area (Å²) in [5, 5.41) is 13.2. The molecule has 9 heteroatoms. The van der Waals surface area contributed by atoms with Crippen LogP contribution in [0.1, 0.15) is 49.9 Å². The molecule has 1 atom stereocenters. The highest BCUT2D eigenvalue weighted by molar-refractivity contribution is 5.97. The predicted molar refractivity (Wildman–Crippen MR) is 178 cm³/mol. The van der Waals surface area contributed by atoms with Gasteiger partial charge in [-0.1, -0.05) is 42.5 Å². The number of ether oxygens (including phenoxy) is 3. The Balaban J connectivity index is 1.30. The van der Waals surface area contributed by atoms with Crippen molar-refractivity contribution in [3.8, 4) is 39.9 Å². The van der Waals surface area contributed by atoms with Crippen LogP contribution in [0.4, 0.5) is 4.39 Å². The van der Waals surface area contributed by atoms with Crippen LogP contribution in [0, 0.1) is 5.82 Å². The van der Waals surface area contributed by atoms with Gasteiger partial charge in [0.2, 0.25) is 0 Å².